The number of terminal acetylenes is 1. The van der Waals surface area contributed by atoms with Crippen LogP contribution in [0.2, 0.25) is 0 Å². The first-order valence-electron chi connectivity index (χ1n) is 4.04. The van der Waals surface area contributed by atoms with E-state index in [0.29, 0.717) is 10.6 Å². The van der Waals surface area contributed by atoms with E-state index in [1.54, 1.807) is 0 Å². The molecule has 0 aliphatic heterocycles. The predicted molar refractivity (Wildman–Crippen MR) is 57.3 cm³/mol. The number of hydrogen-bond donors (Lipinski definition) is 1. The maximum absolute atomic E-state index is 11.5. The van der Waals surface area contributed by atoms with E-state index in [1.807, 2.05) is 13.8 Å². The Morgan fingerprint density at radius 3 is 2.71 bits per heavy atom. The normalized spacial score (nSPS) is 9.50. The van der Waals surface area contributed by atoms with E-state index in [9.17, 15) is 4.79 Å². The maximum atomic E-state index is 11.5. The third kappa shape index (κ3) is 1.88. The van der Waals surface area contributed by atoms with Crippen LogP contribution in [-0.2, 0) is 4.74 Å². The monoisotopic (exact) mass is 209 g/mol. The van der Waals surface area contributed by atoms with Crippen LogP contribution in [0.5, 0.6) is 0 Å². The second kappa shape index (κ2) is 4.16. The second-order valence-corrected chi connectivity index (χ2v) is 4.06. The minimum atomic E-state index is -0.442. The van der Waals surface area contributed by atoms with Gasteiger partial charge in [-0.15, -0.1) is 17.8 Å². The van der Waals surface area contributed by atoms with E-state index in [0.717, 1.165) is 10.4 Å². The Hall–Kier alpha value is -1.47. The van der Waals surface area contributed by atoms with Gasteiger partial charge in [-0.2, -0.15) is 0 Å². The number of nitrogens with two attached hydrogens (primary N) is 1. The molecule has 14 heavy (non-hydrogen) atoms. The van der Waals surface area contributed by atoms with E-state index >= 15 is 0 Å². The van der Waals surface area contributed by atoms with Crippen molar-refractivity contribution in [1.29, 1.82) is 0 Å². The first-order valence-corrected chi connectivity index (χ1v) is 4.85. The lowest BCUT2D eigenvalue weighted by molar-refractivity contribution is 0.0557. The summed E-state index contributed by atoms with van der Waals surface area (Å²) in [6.07, 6.45) is 4.98. The number of carbonyl (C=O) groups is 1. The fourth-order valence-corrected chi connectivity index (χ4v) is 2.01. The highest BCUT2D eigenvalue weighted by Gasteiger charge is 2.18. The molecule has 4 heteroatoms. The summed E-state index contributed by atoms with van der Waals surface area (Å²) in [6.45, 7) is 3.73. The average molecular weight is 209 g/mol. The molecule has 0 aliphatic rings. The summed E-state index contributed by atoms with van der Waals surface area (Å²) in [7, 11) is 0. The summed E-state index contributed by atoms with van der Waals surface area (Å²) in [4.78, 5) is 12.5. The molecule has 0 fully saturated rings. The highest BCUT2D eigenvalue weighted by atomic mass is 32.1. The molecule has 0 radical (unpaired) electrons. The van der Waals surface area contributed by atoms with Crippen molar-refractivity contribution < 1.29 is 9.53 Å². The van der Waals surface area contributed by atoms with Gasteiger partial charge in [-0.05, 0) is 19.4 Å². The first kappa shape index (κ1) is 10.6. The lowest BCUT2D eigenvalue weighted by Gasteiger charge is -2.01. The smallest absolute Gasteiger partial charge is 0.342 e. The Morgan fingerprint density at radius 2 is 2.29 bits per heavy atom. The molecule has 1 aromatic heterocycles. The molecule has 0 bridgehead atoms. The van der Waals surface area contributed by atoms with Gasteiger partial charge < -0.3 is 10.5 Å². The van der Waals surface area contributed by atoms with Crippen molar-refractivity contribution in [3.05, 3.63) is 16.0 Å². The lowest BCUT2D eigenvalue weighted by Crippen LogP contribution is -2.07. The molecule has 0 amide bonds. The van der Waals surface area contributed by atoms with E-state index in [-0.39, 0.29) is 6.61 Å². The molecule has 0 saturated carbocycles. The summed E-state index contributed by atoms with van der Waals surface area (Å²) in [5.41, 5.74) is 7.00. The van der Waals surface area contributed by atoms with Gasteiger partial charge >= 0.3 is 5.97 Å². The third-order valence-electron chi connectivity index (χ3n) is 1.90. The molecule has 1 heterocycles. The Bertz CT molecular complexity index is 401. The Kier molecular flexibility index (Phi) is 3.15. The van der Waals surface area contributed by atoms with Gasteiger partial charge in [0.25, 0.3) is 0 Å². The van der Waals surface area contributed by atoms with Gasteiger partial charge in [0.1, 0.15) is 5.00 Å². The molecule has 0 saturated heterocycles. The quantitative estimate of drug-likeness (QED) is 0.596. The van der Waals surface area contributed by atoms with E-state index in [4.69, 9.17) is 16.9 Å². The molecule has 0 unspecified atom stereocenters. The van der Waals surface area contributed by atoms with Crippen LogP contribution >= 0.6 is 11.3 Å². The number of esters is 1. The van der Waals surface area contributed by atoms with Crippen molar-refractivity contribution >= 4 is 22.3 Å². The van der Waals surface area contributed by atoms with Gasteiger partial charge in [-0.1, -0.05) is 5.92 Å². The number of aryl methyl sites for hydroxylation is 1. The molecule has 0 spiro atoms. The number of carbonyl (C=O) groups excluding carboxylic acids is 1. The van der Waals surface area contributed by atoms with Crippen LogP contribution in [0.25, 0.3) is 0 Å². The summed E-state index contributed by atoms with van der Waals surface area (Å²) < 4.78 is 4.80. The number of ether oxygens (including phenoxy) is 1. The Balaban J connectivity index is 2.96. The van der Waals surface area contributed by atoms with Crippen LogP contribution in [0.3, 0.4) is 0 Å². The van der Waals surface area contributed by atoms with Crippen molar-refractivity contribution in [3.63, 3.8) is 0 Å². The largest absolute Gasteiger partial charge is 0.449 e. The third-order valence-corrected chi connectivity index (χ3v) is 2.94. The summed E-state index contributed by atoms with van der Waals surface area (Å²) in [5, 5.41) is 0.488. The van der Waals surface area contributed by atoms with Gasteiger partial charge in [0.05, 0.1) is 5.56 Å². The number of rotatable bonds is 2. The van der Waals surface area contributed by atoms with Crippen LogP contribution < -0.4 is 5.73 Å². The molecule has 74 valence electrons. The summed E-state index contributed by atoms with van der Waals surface area (Å²) >= 11 is 1.38. The zero-order chi connectivity index (χ0) is 10.7. The first-order chi connectivity index (χ1) is 6.57. The van der Waals surface area contributed by atoms with Crippen LogP contribution in [0.15, 0.2) is 0 Å². The van der Waals surface area contributed by atoms with Crippen LogP contribution in [0.4, 0.5) is 5.00 Å². The zero-order valence-corrected chi connectivity index (χ0v) is 8.90. The van der Waals surface area contributed by atoms with Gasteiger partial charge in [-0.25, -0.2) is 4.79 Å². The standard InChI is InChI=1S/C10H11NO2S/c1-4-5-13-10(12)8-6(2)7(3)14-9(8)11/h1H,5,11H2,2-3H3. The van der Waals surface area contributed by atoms with Crippen molar-refractivity contribution in [3.8, 4) is 12.3 Å². The molecule has 1 rings (SSSR count). The SMILES string of the molecule is C#CCOC(=O)c1c(N)sc(C)c1C. The Morgan fingerprint density at radius 1 is 1.64 bits per heavy atom. The van der Waals surface area contributed by atoms with E-state index in [1.165, 1.54) is 11.3 Å². The number of nitrogen functional groups attached to an aromatic ring is 1. The fraction of sp³-hybridized carbons (Fsp3) is 0.300. The van der Waals surface area contributed by atoms with Crippen molar-refractivity contribution in [2.24, 2.45) is 0 Å². The van der Waals surface area contributed by atoms with Crippen molar-refractivity contribution in [1.82, 2.24) is 0 Å². The maximum Gasteiger partial charge on any atom is 0.342 e. The number of anilines is 1. The molecule has 0 atom stereocenters. The zero-order valence-electron chi connectivity index (χ0n) is 8.09. The average Bonchev–Trinajstić information content (AvgIpc) is 2.38. The van der Waals surface area contributed by atoms with Crippen LogP contribution in [0, 0.1) is 26.2 Å². The van der Waals surface area contributed by atoms with E-state index < -0.39 is 5.97 Å². The summed E-state index contributed by atoms with van der Waals surface area (Å²) in [5.74, 6) is 1.79. The summed E-state index contributed by atoms with van der Waals surface area (Å²) in [6, 6.07) is 0. The second-order valence-electron chi connectivity index (χ2n) is 2.80. The van der Waals surface area contributed by atoms with Gasteiger partial charge in [0.2, 0.25) is 0 Å². The fourth-order valence-electron chi connectivity index (χ4n) is 1.09. The topological polar surface area (TPSA) is 52.3 Å². The molecule has 2 N–H and O–H groups in total. The molecular weight excluding hydrogens is 198 g/mol. The minimum Gasteiger partial charge on any atom is -0.449 e. The van der Waals surface area contributed by atoms with Gasteiger partial charge in [0.15, 0.2) is 6.61 Å². The van der Waals surface area contributed by atoms with Gasteiger partial charge in [0, 0.05) is 4.88 Å². The van der Waals surface area contributed by atoms with Crippen molar-refractivity contribution in [2.75, 3.05) is 12.3 Å². The highest BCUT2D eigenvalue weighted by Crippen LogP contribution is 2.29. The molecule has 0 aliphatic carbocycles. The lowest BCUT2D eigenvalue weighted by atomic mass is 10.2. The number of hydrogen-bond acceptors (Lipinski definition) is 4. The molecule has 1 aromatic rings. The molecule has 3 nitrogen and oxygen atoms in total. The minimum absolute atomic E-state index is 0.0212. The van der Waals surface area contributed by atoms with Crippen LogP contribution in [0.1, 0.15) is 20.8 Å². The molecule has 0 aromatic carbocycles. The molecular formula is C10H11NO2S. The Labute approximate surface area is 86.9 Å². The van der Waals surface area contributed by atoms with E-state index in [2.05, 4.69) is 5.92 Å². The number of thiophene rings is 1. The van der Waals surface area contributed by atoms with Gasteiger partial charge in [-0.3, -0.25) is 0 Å². The predicted octanol–water partition coefficient (Wildman–Crippen LogP) is 1.74. The highest BCUT2D eigenvalue weighted by molar-refractivity contribution is 7.16. The van der Waals surface area contributed by atoms with Crippen LogP contribution in [-0.4, -0.2) is 12.6 Å². The van der Waals surface area contributed by atoms with Crippen molar-refractivity contribution in [2.45, 2.75) is 13.8 Å².